The molecule has 1 aromatic rings. The molecule has 2 N–H and O–H groups in total. The summed E-state index contributed by atoms with van der Waals surface area (Å²) in [4.78, 5) is 1.29. The smallest absolute Gasteiger partial charge is 0.0625 e. The minimum atomic E-state index is 0.688. The zero-order valence-electron chi connectivity index (χ0n) is 9.93. The van der Waals surface area contributed by atoms with Crippen molar-refractivity contribution in [3.63, 3.8) is 0 Å². The minimum absolute atomic E-state index is 0.688. The van der Waals surface area contributed by atoms with Gasteiger partial charge in [0.1, 0.15) is 0 Å². The Morgan fingerprint density at radius 3 is 2.94 bits per heavy atom. The zero-order valence-corrected chi connectivity index (χ0v) is 10.7. The molecule has 2 atom stereocenters. The van der Waals surface area contributed by atoms with Crippen LogP contribution in [0.25, 0.3) is 0 Å². The molecule has 1 aliphatic rings. The van der Waals surface area contributed by atoms with Crippen molar-refractivity contribution in [3.8, 4) is 0 Å². The van der Waals surface area contributed by atoms with E-state index in [0.717, 1.165) is 6.54 Å². The fraction of sp³-hybridized carbons (Fsp3) is 0.750. The molecule has 1 aromatic heterocycles. The SMILES string of the molecule is Cn1cc(SC2CCCCCC2CN)cn1. The highest BCUT2D eigenvalue weighted by Gasteiger charge is 2.23. The standard InChI is InChI=1S/C12H21N3S/c1-15-9-11(8-14-15)16-12-6-4-2-3-5-10(12)7-13/h8-10,12H,2-7,13H2,1H3. The van der Waals surface area contributed by atoms with E-state index < -0.39 is 0 Å². The van der Waals surface area contributed by atoms with E-state index in [2.05, 4.69) is 11.3 Å². The van der Waals surface area contributed by atoms with Gasteiger partial charge in [-0.25, -0.2) is 0 Å². The number of thioether (sulfide) groups is 1. The van der Waals surface area contributed by atoms with Gasteiger partial charge in [0, 0.05) is 23.4 Å². The number of aryl methyl sites for hydroxylation is 1. The number of hydrogen-bond acceptors (Lipinski definition) is 3. The van der Waals surface area contributed by atoms with Crippen LogP contribution in [0.1, 0.15) is 32.1 Å². The van der Waals surface area contributed by atoms with Gasteiger partial charge >= 0.3 is 0 Å². The second kappa shape index (κ2) is 5.73. The quantitative estimate of drug-likeness (QED) is 0.824. The second-order valence-corrected chi connectivity index (χ2v) is 5.95. The summed E-state index contributed by atoms with van der Waals surface area (Å²) in [5.74, 6) is 0.688. The van der Waals surface area contributed by atoms with Crippen LogP contribution in [0.2, 0.25) is 0 Å². The molecule has 2 rings (SSSR count). The average Bonchev–Trinajstić information content (AvgIpc) is 2.56. The lowest BCUT2D eigenvalue weighted by Gasteiger charge is -2.22. The van der Waals surface area contributed by atoms with Crippen molar-refractivity contribution in [3.05, 3.63) is 12.4 Å². The Balaban J connectivity index is 1.99. The highest BCUT2D eigenvalue weighted by molar-refractivity contribution is 8.00. The van der Waals surface area contributed by atoms with E-state index in [1.54, 1.807) is 0 Å². The van der Waals surface area contributed by atoms with Crippen molar-refractivity contribution < 1.29 is 0 Å². The van der Waals surface area contributed by atoms with Gasteiger partial charge in [-0.2, -0.15) is 5.10 Å². The Bertz CT molecular complexity index is 324. The van der Waals surface area contributed by atoms with E-state index in [9.17, 15) is 0 Å². The van der Waals surface area contributed by atoms with Crippen LogP contribution in [0.15, 0.2) is 17.3 Å². The first-order valence-electron chi connectivity index (χ1n) is 6.15. The Kier molecular flexibility index (Phi) is 4.29. The van der Waals surface area contributed by atoms with Gasteiger partial charge in [-0.3, -0.25) is 4.68 Å². The third kappa shape index (κ3) is 3.01. The summed E-state index contributed by atoms with van der Waals surface area (Å²) >= 11 is 1.97. The fourth-order valence-corrected chi connectivity index (χ4v) is 3.80. The molecular formula is C12H21N3S. The molecule has 2 unspecified atom stereocenters. The molecule has 16 heavy (non-hydrogen) atoms. The summed E-state index contributed by atoms with van der Waals surface area (Å²) in [6.07, 6.45) is 10.8. The molecule has 3 nitrogen and oxygen atoms in total. The van der Waals surface area contributed by atoms with E-state index in [0.29, 0.717) is 11.2 Å². The van der Waals surface area contributed by atoms with Crippen molar-refractivity contribution in [2.24, 2.45) is 18.7 Å². The predicted octanol–water partition coefficient (Wildman–Crippen LogP) is 2.42. The molecule has 1 heterocycles. The van der Waals surface area contributed by atoms with E-state index in [1.165, 1.54) is 37.0 Å². The summed E-state index contributed by atoms with van der Waals surface area (Å²) in [6, 6.07) is 0. The third-order valence-electron chi connectivity index (χ3n) is 3.36. The van der Waals surface area contributed by atoms with Crippen molar-refractivity contribution in [1.82, 2.24) is 9.78 Å². The molecule has 90 valence electrons. The van der Waals surface area contributed by atoms with Crippen LogP contribution in [-0.2, 0) is 7.05 Å². The third-order valence-corrected chi connectivity index (χ3v) is 4.77. The van der Waals surface area contributed by atoms with Gasteiger partial charge in [0.05, 0.1) is 6.20 Å². The van der Waals surface area contributed by atoms with Crippen LogP contribution >= 0.6 is 11.8 Å². The lowest BCUT2D eigenvalue weighted by Crippen LogP contribution is -2.24. The topological polar surface area (TPSA) is 43.8 Å². The number of aromatic nitrogens is 2. The highest BCUT2D eigenvalue weighted by atomic mass is 32.2. The molecule has 1 fully saturated rings. The lowest BCUT2D eigenvalue weighted by molar-refractivity contribution is 0.483. The fourth-order valence-electron chi connectivity index (χ4n) is 2.41. The molecule has 4 heteroatoms. The van der Waals surface area contributed by atoms with Gasteiger partial charge in [0.2, 0.25) is 0 Å². The van der Waals surface area contributed by atoms with Gasteiger partial charge < -0.3 is 5.73 Å². The van der Waals surface area contributed by atoms with Gasteiger partial charge in [-0.05, 0) is 25.3 Å². The van der Waals surface area contributed by atoms with Crippen molar-refractivity contribution in [1.29, 1.82) is 0 Å². The monoisotopic (exact) mass is 239 g/mol. The van der Waals surface area contributed by atoms with Gasteiger partial charge in [0.25, 0.3) is 0 Å². The summed E-state index contributed by atoms with van der Waals surface area (Å²) in [6.45, 7) is 0.831. The maximum absolute atomic E-state index is 5.89. The molecule has 1 aliphatic carbocycles. The van der Waals surface area contributed by atoms with Crippen LogP contribution in [0, 0.1) is 5.92 Å². The largest absolute Gasteiger partial charge is 0.330 e. The number of nitrogens with zero attached hydrogens (tertiary/aromatic N) is 2. The molecule has 0 saturated heterocycles. The van der Waals surface area contributed by atoms with Gasteiger partial charge in [-0.15, -0.1) is 11.8 Å². The summed E-state index contributed by atoms with van der Waals surface area (Å²) in [5, 5.41) is 4.91. The van der Waals surface area contributed by atoms with Gasteiger partial charge in [-0.1, -0.05) is 19.3 Å². The summed E-state index contributed by atoms with van der Waals surface area (Å²) in [5.41, 5.74) is 5.89. The van der Waals surface area contributed by atoms with E-state index in [-0.39, 0.29) is 0 Å². The molecule has 0 spiro atoms. The van der Waals surface area contributed by atoms with Crippen molar-refractivity contribution >= 4 is 11.8 Å². The summed E-state index contributed by atoms with van der Waals surface area (Å²) < 4.78 is 1.87. The maximum Gasteiger partial charge on any atom is 0.0625 e. The molecular weight excluding hydrogens is 218 g/mol. The van der Waals surface area contributed by atoms with Crippen LogP contribution in [0.3, 0.4) is 0 Å². The molecule has 1 saturated carbocycles. The molecule has 0 amide bonds. The zero-order chi connectivity index (χ0) is 11.4. The van der Waals surface area contributed by atoms with Crippen molar-refractivity contribution in [2.45, 2.75) is 42.2 Å². The van der Waals surface area contributed by atoms with Crippen LogP contribution in [-0.4, -0.2) is 21.6 Å². The molecule has 0 bridgehead atoms. The number of nitrogens with two attached hydrogens (primary N) is 1. The van der Waals surface area contributed by atoms with E-state index in [1.807, 2.05) is 29.7 Å². The van der Waals surface area contributed by atoms with Crippen LogP contribution in [0.4, 0.5) is 0 Å². The molecule has 0 aromatic carbocycles. The first-order valence-corrected chi connectivity index (χ1v) is 7.03. The van der Waals surface area contributed by atoms with Crippen LogP contribution < -0.4 is 5.73 Å². The average molecular weight is 239 g/mol. The van der Waals surface area contributed by atoms with Gasteiger partial charge in [0.15, 0.2) is 0 Å². The lowest BCUT2D eigenvalue weighted by atomic mass is 10.0. The first kappa shape index (κ1) is 12.0. The molecule has 0 radical (unpaired) electrons. The predicted molar refractivity (Wildman–Crippen MR) is 68.5 cm³/mol. The Morgan fingerprint density at radius 1 is 1.44 bits per heavy atom. The van der Waals surface area contributed by atoms with Crippen molar-refractivity contribution in [2.75, 3.05) is 6.54 Å². The van der Waals surface area contributed by atoms with E-state index in [4.69, 9.17) is 5.73 Å². The number of hydrogen-bond donors (Lipinski definition) is 1. The minimum Gasteiger partial charge on any atom is -0.330 e. The first-order chi connectivity index (χ1) is 7.79. The Morgan fingerprint density at radius 2 is 2.25 bits per heavy atom. The number of rotatable bonds is 3. The second-order valence-electron chi connectivity index (χ2n) is 4.64. The van der Waals surface area contributed by atoms with E-state index >= 15 is 0 Å². The summed E-state index contributed by atoms with van der Waals surface area (Å²) in [7, 11) is 1.97. The highest BCUT2D eigenvalue weighted by Crippen LogP contribution is 2.35. The maximum atomic E-state index is 5.89. The molecule has 0 aliphatic heterocycles. The normalized spacial score (nSPS) is 26.6. The van der Waals surface area contributed by atoms with Crippen LogP contribution in [0.5, 0.6) is 0 Å². The Hall–Kier alpha value is -0.480. The Labute approximate surface area is 102 Å².